The maximum Gasteiger partial charge on any atom is 0.138 e. The lowest BCUT2D eigenvalue weighted by atomic mass is 9.76. The molecular formula is C34H24BrClN2. The Bertz CT molecular complexity index is 1570. The minimum Gasteiger partial charge on any atom is -0.243 e. The Kier molecular flexibility index (Phi) is 6.71. The first-order chi connectivity index (χ1) is 18.7. The molecular weight excluding hydrogens is 552 g/mol. The molecule has 0 aliphatic heterocycles. The van der Waals surface area contributed by atoms with Crippen LogP contribution in [0.4, 0.5) is 0 Å². The molecule has 1 heterocycles. The molecule has 0 radical (unpaired) electrons. The van der Waals surface area contributed by atoms with Crippen molar-refractivity contribution < 1.29 is 0 Å². The molecule has 0 spiro atoms. The van der Waals surface area contributed by atoms with E-state index in [0.29, 0.717) is 5.02 Å². The van der Waals surface area contributed by atoms with Crippen molar-refractivity contribution in [1.29, 1.82) is 0 Å². The molecule has 0 amide bonds. The molecule has 0 atom stereocenters. The number of nitrogens with zero attached hydrogens (tertiary/aromatic N) is 2. The van der Waals surface area contributed by atoms with Gasteiger partial charge in [-0.2, -0.15) is 5.10 Å². The summed E-state index contributed by atoms with van der Waals surface area (Å²) in [6.45, 7) is 0. The van der Waals surface area contributed by atoms with E-state index >= 15 is 0 Å². The summed E-state index contributed by atoms with van der Waals surface area (Å²) in [7, 11) is 0. The second-order valence-corrected chi connectivity index (χ2v) is 10.3. The van der Waals surface area contributed by atoms with Gasteiger partial charge in [-0.05, 0) is 44.8 Å². The van der Waals surface area contributed by atoms with E-state index in [2.05, 4.69) is 130 Å². The molecule has 0 aliphatic rings. The normalized spacial score (nSPS) is 11.4. The quantitative estimate of drug-likeness (QED) is 0.181. The lowest BCUT2D eigenvalue weighted by Crippen LogP contribution is -2.39. The number of aromatic nitrogens is 2. The van der Waals surface area contributed by atoms with Crippen molar-refractivity contribution in [3.05, 3.63) is 172 Å². The fourth-order valence-corrected chi connectivity index (χ4v) is 6.11. The molecule has 0 aliphatic carbocycles. The molecule has 6 aromatic rings. The van der Waals surface area contributed by atoms with Crippen molar-refractivity contribution in [1.82, 2.24) is 9.78 Å². The Hall–Kier alpha value is -3.92. The van der Waals surface area contributed by atoms with Gasteiger partial charge in [-0.1, -0.05) is 145 Å². The smallest absolute Gasteiger partial charge is 0.138 e. The lowest BCUT2D eigenvalue weighted by Gasteiger charge is -2.37. The van der Waals surface area contributed by atoms with E-state index in [1.54, 1.807) is 0 Å². The van der Waals surface area contributed by atoms with Crippen molar-refractivity contribution in [3.63, 3.8) is 0 Å². The lowest BCUT2D eigenvalue weighted by molar-refractivity contribution is 0.466. The van der Waals surface area contributed by atoms with Gasteiger partial charge < -0.3 is 0 Å². The summed E-state index contributed by atoms with van der Waals surface area (Å²) in [6, 6.07) is 50.0. The highest BCUT2D eigenvalue weighted by atomic mass is 79.9. The SMILES string of the molecule is Clc1cccc(-c2c(Br)c(-c3ccccc3)nn2C(c2ccccc2)(c2ccccc2)c2ccccc2)c1. The van der Waals surface area contributed by atoms with Crippen LogP contribution < -0.4 is 0 Å². The third kappa shape index (κ3) is 4.18. The summed E-state index contributed by atoms with van der Waals surface area (Å²) < 4.78 is 3.09. The molecule has 0 fully saturated rings. The first-order valence-corrected chi connectivity index (χ1v) is 13.6. The monoisotopic (exact) mass is 574 g/mol. The van der Waals surface area contributed by atoms with Crippen LogP contribution in [-0.4, -0.2) is 9.78 Å². The third-order valence-electron chi connectivity index (χ3n) is 6.87. The predicted molar refractivity (Wildman–Crippen MR) is 160 cm³/mol. The van der Waals surface area contributed by atoms with E-state index in [4.69, 9.17) is 16.7 Å². The van der Waals surface area contributed by atoms with Crippen molar-refractivity contribution in [3.8, 4) is 22.5 Å². The molecule has 5 aromatic carbocycles. The molecule has 1 aromatic heterocycles. The van der Waals surface area contributed by atoms with Crippen molar-refractivity contribution in [2.24, 2.45) is 0 Å². The van der Waals surface area contributed by atoms with Crippen LogP contribution in [0.15, 0.2) is 150 Å². The van der Waals surface area contributed by atoms with E-state index in [9.17, 15) is 0 Å². The molecule has 0 unspecified atom stereocenters. The summed E-state index contributed by atoms with van der Waals surface area (Å²) in [5.74, 6) is 0. The van der Waals surface area contributed by atoms with E-state index < -0.39 is 5.54 Å². The van der Waals surface area contributed by atoms with E-state index in [1.807, 2.05) is 36.4 Å². The number of hydrogen-bond acceptors (Lipinski definition) is 1. The molecule has 0 saturated carbocycles. The summed E-state index contributed by atoms with van der Waals surface area (Å²) in [5.41, 5.74) is 6.38. The number of rotatable bonds is 6. The number of benzene rings is 5. The zero-order valence-corrected chi connectivity index (χ0v) is 22.8. The highest BCUT2D eigenvalue weighted by molar-refractivity contribution is 9.10. The Morgan fingerprint density at radius 2 is 1.00 bits per heavy atom. The molecule has 38 heavy (non-hydrogen) atoms. The maximum absolute atomic E-state index is 6.54. The molecule has 2 nitrogen and oxygen atoms in total. The highest BCUT2D eigenvalue weighted by Crippen LogP contribution is 2.47. The fraction of sp³-hybridized carbons (Fsp3) is 0.0294. The van der Waals surface area contributed by atoms with E-state index in [0.717, 1.165) is 43.7 Å². The van der Waals surface area contributed by atoms with Gasteiger partial charge >= 0.3 is 0 Å². The number of halogens is 2. The minimum absolute atomic E-state index is 0.674. The Balaban J connectivity index is 1.81. The van der Waals surface area contributed by atoms with Gasteiger partial charge in [0, 0.05) is 16.1 Å². The summed E-state index contributed by atoms with van der Waals surface area (Å²) >= 11 is 10.5. The van der Waals surface area contributed by atoms with E-state index in [1.165, 1.54) is 0 Å². The van der Waals surface area contributed by atoms with Crippen LogP contribution in [0.5, 0.6) is 0 Å². The molecule has 0 saturated heterocycles. The molecule has 4 heteroatoms. The predicted octanol–water partition coefficient (Wildman–Crippen LogP) is 9.47. The average molecular weight is 576 g/mol. The number of hydrogen-bond donors (Lipinski definition) is 0. The summed E-state index contributed by atoms with van der Waals surface area (Å²) in [5, 5.41) is 6.09. The largest absolute Gasteiger partial charge is 0.243 e. The fourth-order valence-electron chi connectivity index (χ4n) is 5.21. The second-order valence-electron chi connectivity index (χ2n) is 9.11. The first-order valence-electron chi connectivity index (χ1n) is 12.5. The average Bonchev–Trinajstić information content (AvgIpc) is 3.33. The third-order valence-corrected chi connectivity index (χ3v) is 7.85. The van der Waals surface area contributed by atoms with Crippen molar-refractivity contribution in [2.75, 3.05) is 0 Å². The molecule has 0 N–H and O–H groups in total. The molecule has 184 valence electrons. The van der Waals surface area contributed by atoms with Crippen LogP contribution in [0.25, 0.3) is 22.5 Å². The zero-order chi connectivity index (χ0) is 26.0. The van der Waals surface area contributed by atoms with Crippen LogP contribution in [0.2, 0.25) is 5.02 Å². The molecule has 6 rings (SSSR count). The first kappa shape index (κ1) is 24.4. The topological polar surface area (TPSA) is 17.8 Å². The van der Waals surface area contributed by atoms with Gasteiger partial charge in [0.1, 0.15) is 11.2 Å². The Labute approximate surface area is 236 Å². The van der Waals surface area contributed by atoms with Gasteiger partial charge in [-0.3, -0.25) is 0 Å². The van der Waals surface area contributed by atoms with Gasteiger partial charge in [0.25, 0.3) is 0 Å². The van der Waals surface area contributed by atoms with Crippen LogP contribution in [0, 0.1) is 0 Å². The molecule has 0 bridgehead atoms. The van der Waals surface area contributed by atoms with Gasteiger partial charge in [0.05, 0.1) is 10.2 Å². The summed E-state index contributed by atoms with van der Waals surface area (Å²) in [4.78, 5) is 0. The van der Waals surface area contributed by atoms with Crippen LogP contribution in [0.1, 0.15) is 16.7 Å². The van der Waals surface area contributed by atoms with Gasteiger partial charge in [0.15, 0.2) is 0 Å². The maximum atomic E-state index is 6.54. The van der Waals surface area contributed by atoms with Crippen molar-refractivity contribution in [2.45, 2.75) is 5.54 Å². The van der Waals surface area contributed by atoms with Gasteiger partial charge in [-0.15, -0.1) is 0 Å². The minimum atomic E-state index is -0.767. The van der Waals surface area contributed by atoms with Crippen LogP contribution in [0.3, 0.4) is 0 Å². The van der Waals surface area contributed by atoms with E-state index in [-0.39, 0.29) is 0 Å². The van der Waals surface area contributed by atoms with Crippen LogP contribution >= 0.6 is 27.5 Å². The standard InChI is InChI=1S/C34H24BrClN2/c35-31-32(25-14-5-1-6-15-25)37-38(33(31)26-16-13-23-30(36)24-26)34(27-17-7-2-8-18-27,28-19-9-3-10-20-28)29-21-11-4-12-22-29/h1-24H. The highest BCUT2D eigenvalue weighted by Gasteiger charge is 2.42. The van der Waals surface area contributed by atoms with Crippen molar-refractivity contribution >= 4 is 27.5 Å². The van der Waals surface area contributed by atoms with Crippen LogP contribution in [-0.2, 0) is 5.54 Å². The van der Waals surface area contributed by atoms with Gasteiger partial charge in [-0.25, -0.2) is 4.68 Å². The van der Waals surface area contributed by atoms with Gasteiger partial charge in [0.2, 0.25) is 0 Å². The Morgan fingerprint density at radius 3 is 1.47 bits per heavy atom. The summed E-state index contributed by atoms with van der Waals surface area (Å²) in [6.07, 6.45) is 0. The Morgan fingerprint density at radius 1 is 0.553 bits per heavy atom. The zero-order valence-electron chi connectivity index (χ0n) is 20.5. The second kappa shape index (κ2) is 10.4.